The number of carbonyl (C=O) groups is 1. The maximum atomic E-state index is 13.7. The van der Waals surface area contributed by atoms with Gasteiger partial charge in [0.25, 0.3) is 5.91 Å². The highest BCUT2D eigenvalue weighted by molar-refractivity contribution is 9.10. The molecular weight excluding hydrogens is 502 g/mol. The van der Waals surface area contributed by atoms with Crippen molar-refractivity contribution >= 4 is 50.7 Å². The van der Waals surface area contributed by atoms with Gasteiger partial charge in [0.1, 0.15) is 11.5 Å². The number of likely N-dealkylation sites (N-methyl/N-ethyl adjacent to an activating group) is 1. The molecule has 8 heteroatoms. The zero-order valence-corrected chi connectivity index (χ0v) is 20.0. The molecule has 0 aliphatic carbocycles. The third-order valence-electron chi connectivity index (χ3n) is 5.59. The van der Waals surface area contributed by atoms with Gasteiger partial charge in [-0.15, -0.1) is 0 Å². The van der Waals surface area contributed by atoms with Crippen LogP contribution in [0, 0.1) is 0 Å². The first-order chi connectivity index (χ1) is 16.0. The van der Waals surface area contributed by atoms with E-state index >= 15 is 0 Å². The Kier molecular flexibility index (Phi) is 5.52. The zero-order valence-electron chi connectivity index (χ0n) is 17.6. The average Bonchev–Trinajstić information content (AvgIpc) is 3.08. The van der Waals surface area contributed by atoms with Gasteiger partial charge in [0.2, 0.25) is 0 Å². The van der Waals surface area contributed by atoms with E-state index in [2.05, 4.69) is 15.9 Å². The van der Waals surface area contributed by atoms with Crippen LogP contribution in [0.1, 0.15) is 22.9 Å². The first kappa shape index (κ1) is 21.4. The number of fused-ring (bicyclic) bond motifs is 1. The predicted molar refractivity (Wildman–Crippen MR) is 135 cm³/mol. The topological polar surface area (TPSA) is 76.5 Å². The lowest BCUT2D eigenvalue weighted by Gasteiger charge is -2.20. The molecule has 164 valence electrons. The van der Waals surface area contributed by atoms with E-state index < -0.39 is 6.04 Å². The fraction of sp³-hybridized carbons (Fsp3) is 0.0800. The number of anilines is 2. The summed E-state index contributed by atoms with van der Waals surface area (Å²) in [5.74, 6) is 0.177. The SMILES string of the molecule is CN1C(=O)C(c2nn(-c3ccccc3)c(N)c2Br)N=C(c2ccccc2)c2cc(Cl)ccc21. The molecule has 0 saturated carbocycles. The summed E-state index contributed by atoms with van der Waals surface area (Å²) < 4.78 is 2.15. The number of halogens is 2. The molecule has 1 aromatic heterocycles. The predicted octanol–water partition coefficient (Wildman–Crippen LogP) is 5.43. The summed E-state index contributed by atoms with van der Waals surface area (Å²) in [6.45, 7) is 0. The van der Waals surface area contributed by atoms with Crippen molar-refractivity contribution < 1.29 is 4.79 Å². The number of nitrogens with zero attached hydrogens (tertiary/aromatic N) is 4. The summed E-state index contributed by atoms with van der Waals surface area (Å²) in [4.78, 5) is 20.2. The molecule has 0 fully saturated rings. The number of aromatic nitrogens is 2. The van der Waals surface area contributed by atoms with Crippen LogP contribution in [0.3, 0.4) is 0 Å². The number of para-hydroxylation sites is 1. The molecule has 33 heavy (non-hydrogen) atoms. The van der Waals surface area contributed by atoms with Crippen LogP contribution >= 0.6 is 27.5 Å². The molecular formula is C25H19BrClN5O. The van der Waals surface area contributed by atoms with Crippen molar-refractivity contribution in [2.45, 2.75) is 6.04 Å². The van der Waals surface area contributed by atoms with E-state index in [-0.39, 0.29) is 5.91 Å². The lowest BCUT2D eigenvalue weighted by molar-refractivity contribution is -0.119. The van der Waals surface area contributed by atoms with Crippen molar-refractivity contribution in [3.8, 4) is 5.69 Å². The van der Waals surface area contributed by atoms with E-state index in [1.165, 1.54) is 0 Å². The molecule has 2 heterocycles. The van der Waals surface area contributed by atoms with E-state index in [4.69, 9.17) is 27.4 Å². The van der Waals surface area contributed by atoms with Crippen molar-refractivity contribution in [1.29, 1.82) is 0 Å². The second kappa shape index (κ2) is 8.50. The second-order valence-corrected chi connectivity index (χ2v) is 8.87. The summed E-state index contributed by atoms with van der Waals surface area (Å²) in [7, 11) is 1.73. The van der Waals surface area contributed by atoms with Gasteiger partial charge in [-0.3, -0.25) is 9.79 Å². The van der Waals surface area contributed by atoms with Gasteiger partial charge in [-0.25, -0.2) is 4.68 Å². The van der Waals surface area contributed by atoms with Crippen LogP contribution in [-0.4, -0.2) is 28.4 Å². The minimum atomic E-state index is -0.905. The van der Waals surface area contributed by atoms with E-state index in [1.807, 2.05) is 72.8 Å². The van der Waals surface area contributed by atoms with Crippen molar-refractivity contribution in [3.05, 3.63) is 105 Å². The molecule has 1 amide bonds. The van der Waals surface area contributed by atoms with Gasteiger partial charge >= 0.3 is 0 Å². The molecule has 6 nitrogen and oxygen atoms in total. The molecule has 1 aliphatic heterocycles. The minimum Gasteiger partial charge on any atom is -0.383 e. The summed E-state index contributed by atoms with van der Waals surface area (Å²) in [6.07, 6.45) is 0. The van der Waals surface area contributed by atoms with Crippen molar-refractivity contribution in [2.24, 2.45) is 4.99 Å². The fourth-order valence-electron chi connectivity index (χ4n) is 3.92. The summed E-state index contributed by atoms with van der Waals surface area (Å²) in [5, 5.41) is 5.27. The van der Waals surface area contributed by atoms with Crippen LogP contribution in [-0.2, 0) is 4.79 Å². The molecule has 5 rings (SSSR count). The van der Waals surface area contributed by atoms with Gasteiger partial charge in [0, 0.05) is 23.2 Å². The molecule has 1 atom stereocenters. The van der Waals surface area contributed by atoms with Crippen LogP contribution in [0.2, 0.25) is 5.02 Å². The second-order valence-electron chi connectivity index (χ2n) is 7.64. The normalized spacial score (nSPS) is 15.7. The van der Waals surface area contributed by atoms with Crippen LogP contribution in [0.4, 0.5) is 11.5 Å². The van der Waals surface area contributed by atoms with Crippen molar-refractivity contribution in [3.63, 3.8) is 0 Å². The van der Waals surface area contributed by atoms with Crippen LogP contribution in [0.5, 0.6) is 0 Å². The Labute approximate surface area is 204 Å². The zero-order chi connectivity index (χ0) is 23.1. The standard InChI is InChI=1S/C25H19BrClN5O/c1-31-19-13-12-16(27)14-18(19)21(15-8-4-2-5-9-15)29-23(25(31)33)22-20(26)24(28)32(30-22)17-10-6-3-7-11-17/h2-14,23H,28H2,1H3. The number of benzodiazepines with no additional fused rings is 1. The lowest BCUT2D eigenvalue weighted by Crippen LogP contribution is -2.30. The summed E-state index contributed by atoms with van der Waals surface area (Å²) in [5.41, 5.74) is 10.6. The number of rotatable bonds is 3. The Morgan fingerprint density at radius 2 is 1.67 bits per heavy atom. The summed E-state index contributed by atoms with van der Waals surface area (Å²) in [6, 6.07) is 23.8. The lowest BCUT2D eigenvalue weighted by atomic mass is 10.0. The van der Waals surface area contributed by atoms with Gasteiger partial charge in [0.15, 0.2) is 6.04 Å². The fourth-order valence-corrected chi connectivity index (χ4v) is 4.56. The van der Waals surface area contributed by atoms with Crippen LogP contribution in [0.25, 0.3) is 5.69 Å². The minimum absolute atomic E-state index is 0.220. The highest BCUT2D eigenvalue weighted by Crippen LogP contribution is 2.38. The third-order valence-corrected chi connectivity index (χ3v) is 6.64. The van der Waals surface area contributed by atoms with Gasteiger partial charge in [-0.1, -0.05) is 60.1 Å². The molecule has 0 spiro atoms. The van der Waals surface area contributed by atoms with E-state index in [9.17, 15) is 4.79 Å². The number of nitrogen functional groups attached to an aromatic ring is 1. The van der Waals surface area contributed by atoms with Crippen molar-refractivity contribution in [1.82, 2.24) is 9.78 Å². The smallest absolute Gasteiger partial charge is 0.257 e. The van der Waals surface area contributed by atoms with Crippen LogP contribution in [0.15, 0.2) is 88.3 Å². The molecule has 0 saturated heterocycles. The molecule has 3 aromatic carbocycles. The molecule has 2 N–H and O–H groups in total. The van der Waals surface area contributed by atoms with Gasteiger partial charge in [0.05, 0.1) is 21.6 Å². The Hall–Kier alpha value is -3.42. The number of benzene rings is 3. The highest BCUT2D eigenvalue weighted by Gasteiger charge is 2.35. The largest absolute Gasteiger partial charge is 0.383 e. The number of hydrogen-bond acceptors (Lipinski definition) is 4. The Balaban J connectivity index is 1.74. The number of carbonyl (C=O) groups excluding carboxylic acids is 1. The van der Waals surface area contributed by atoms with E-state index in [1.54, 1.807) is 22.7 Å². The van der Waals surface area contributed by atoms with Crippen LogP contribution < -0.4 is 10.6 Å². The number of nitrogens with two attached hydrogens (primary N) is 1. The van der Waals surface area contributed by atoms with E-state index in [0.29, 0.717) is 26.7 Å². The first-order valence-corrected chi connectivity index (χ1v) is 11.4. The maximum absolute atomic E-state index is 13.7. The average molecular weight is 521 g/mol. The highest BCUT2D eigenvalue weighted by atomic mass is 79.9. The van der Waals surface area contributed by atoms with Gasteiger partial charge < -0.3 is 10.6 Å². The van der Waals surface area contributed by atoms with E-state index in [0.717, 1.165) is 22.5 Å². The quantitative estimate of drug-likeness (QED) is 0.392. The Morgan fingerprint density at radius 1 is 1.00 bits per heavy atom. The number of amides is 1. The van der Waals surface area contributed by atoms with Gasteiger partial charge in [-0.2, -0.15) is 5.10 Å². The molecule has 4 aromatic rings. The monoisotopic (exact) mass is 519 g/mol. The Bertz CT molecular complexity index is 1380. The number of aliphatic imine (C=N–C) groups is 1. The molecule has 0 radical (unpaired) electrons. The Morgan fingerprint density at radius 3 is 2.36 bits per heavy atom. The maximum Gasteiger partial charge on any atom is 0.257 e. The molecule has 0 bridgehead atoms. The first-order valence-electron chi connectivity index (χ1n) is 10.3. The molecule has 1 unspecified atom stereocenters. The third kappa shape index (κ3) is 3.73. The van der Waals surface area contributed by atoms with Gasteiger partial charge in [-0.05, 0) is 46.3 Å². The van der Waals surface area contributed by atoms with Crippen molar-refractivity contribution in [2.75, 3.05) is 17.7 Å². The number of hydrogen-bond donors (Lipinski definition) is 1. The summed E-state index contributed by atoms with van der Waals surface area (Å²) >= 11 is 9.90. The molecule has 1 aliphatic rings.